The minimum atomic E-state index is -1.14. The molecule has 2 aromatic carbocycles. The van der Waals surface area contributed by atoms with Crippen LogP contribution in [0.5, 0.6) is 11.5 Å². The van der Waals surface area contributed by atoms with Gasteiger partial charge in [-0.25, -0.2) is 0 Å². The van der Waals surface area contributed by atoms with Crippen LogP contribution >= 0.6 is 0 Å². The summed E-state index contributed by atoms with van der Waals surface area (Å²) in [6.07, 6.45) is -0.526. The highest BCUT2D eigenvalue weighted by atomic mass is 16.7. The maximum atomic E-state index is 12.0. The zero-order chi connectivity index (χ0) is 14.8. The van der Waals surface area contributed by atoms with Gasteiger partial charge in [-0.05, 0) is 23.3 Å². The Hall–Kier alpha value is -2.82. The molecule has 0 amide bonds. The van der Waals surface area contributed by atoms with Crippen molar-refractivity contribution in [2.75, 3.05) is 6.79 Å². The summed E-state index contributed by atoms with van der Waals surface area (Å²) in [5.41, 5.74) is 1.86. The number of Topliss-reactive ketones (excluding diaryl/α,β-unsaturated/α-hetero) is 1. The number of hydrogen-bond acceptors (Lipinski definition) is 4. The Morgan fingerprint density at radius 3 is 2.62 bits per heavy atom. The van der Waals surface area contributed by atoms with Crippen molar-refractivity contribution in [3.8, 4) is 22.6 Å². The van der Waals surface area contributed by atoms with Gasteiger partial charge < -0.3 is 14.6 Å². The maximum Gasteiger partial charge on any atom is 0.311 e. The van der Waals surface area contributed by atoms with Gasteiger partial charge in [-0.3, -0.25) is 9.59 Å². The Morgan fingerprint density at radius 1 is 1.05 bits per heavy atom. The summed E-state index contributed by atoms with van der Waals surface area (Å²) in [7, 11) is 0. The Bertz CT molecular complexity index is 720. The van der Waals surface area contributed by atoms with Crippen LogP contribution in [0.1, 0.15) is 16.8 Å². The first-order chi connectivity index (χ1) is 10.1. The number of ketones is 1. The average molecular weight is 284 g/mol. The van der Waals surface area contributed by atoms with Crippen molar-refractivity contribution in [1.29, 1.82) is 0 Å². The Kier molecular flexibility index (Phi) is 3.31. The Labute approximate surface area is 120 Å². The molecule has 1 heterocycles. The maximum absolute atomic E-state index is 12.0. The topological polar surface area (TPSA) is 72.8 Å². The smallest absolute Gasteiger partial charge is 0.311 e. The van der Waals surface area contributed by atoms with E-state index in [2.05, 4.69) is 0 Å². The van der Waals surface area contributed by atoms with Crippen molar-refractivity contribution in [2.45, 2.75) is 6.42 Å². The molecule has 0 atom stereocenters. The minimum Gasteiger partial charge on any atom is -0.481 e. The fourth-order valence-electron chi connectivity index (χ4n) is 2.27. The van der Waals surface area contributed by atoms with Crippen molar-refractivity contribution in [3.63, 3.8) is 0 Å². The van der Waals surface area contributed by atoms with Crippen LogP contribution in [0.15, 0.2) is 42.5 Å². The molecular weight excluding hydrogens is 272 g/mol. The molecule has 106 valence electrons. The first-order valence-corrected chi connectivity index (χ1v) is 6.39. The van der Waals surface area contributed by atoms with Crippen molar-refractivity contribution in [3.05, 3.63) is 48.0 Å². The fraction of sp³-hybridized carbons (Fsp3) is 0.125. The van der Waals surface area contributed by atoms with Gasteiger partial charge >= 0.3 is 5.97 Å². The number of aliphatic carboxylic acids is 1. The molecule has 0 spiro atoms. The summed E-state index contributed by atoms with van der Waals surface area (Å²) >= 11 is 0. The van der Waals surface area contributed by atoms with E-state index in [1.165, 1.54) is 0 Å². The number of ether oxygens (including phenoxy) is 2. The van der Waals surface area contributed by atoms with Crippen LogP contribution in [0.25, 0.3) is 11.1 Å². The molecule has 0 radical (unpaired) electrons. The Balaban J connectivity index is 2.02. The molecular formula is C16H12O5. The zero-order valence-corrected chi connectivity index (χ0v) is 11.0. The fourth-order valence-corrected chi connectivity index (χ4v) is 2.27. The van der Waals surface area contributed by atoms with E-state index in [1.54, 1.807) is 36.4 Å². The van der Waals surface area contributed by atoms with Gasteiger partial charge in [-0.2, -0.15) is 0 Å². The first-order valence-electron chi connectivity index (χ1n) is 6.39. The van der Waals surface area contributed by atoms with Gasteiger partial charge in [0.15, 0.2) is 17.3 Å². The van der Waals surface area contributed by atoms with Crippen LogP contribution in [0.3, 0.4) is 0 Å². The van der Waals surface area contributed by atoms with E-state index < -0.39 is 18.2 Å². The SMILES string of the molecule is O=C(O)CC(=O)c1ccccc1-c1ccc2c(c1)OCO2. The average Bonchev–Trinajstić information content (AvgIpc) is 2.94. The standard InChI is InChI=1S/C16H12O5/c17-13(8-16(18)19)12-4-2-1-3-11(12)10-5-6-14-15(7-10)21-9-20-14/h1-7H,8-9H2,(H,18,19). The second kappa shape index (κ2) is 5.28. The molecule has 3 rings (SSSR count). The van der Waals surface area contributed by atoms with Crippen LogP contribution in [0.4, 0.5) is 0 Å². The van der Waals surface area contributed by atoms with Crippen LogP contribution in [0, 0.1) is 0 Å². The van der Waals surface area contributed by atoms with E-state index in [0.717, 1.165) is 5.56 Å². The van der Waals surface area contributed by atoms with Gasteiger partial charge in [-0.15, -0.1) is 0 Å². The highest BCUT2D eigenvalue weighted by Crippen LogP contribution is 2.36. The molecule has 0 unspecified atom stereocenters. The summed E-state index contributed by atoms with van der Waals surface area (Å²) in [6, 6.07) is 12.3. The number of benzene rings is 2. The predicted molar refractivity (Wildman–Crippen MR) is 74.6 cm³/mol. The molecule has 5 heteroatoms. The number of carboxylic acids is 1. The molecule has 5 nitrogen and oxygen atoms in total. The second-order valence-corrected chi connectivity index (χ2v) is 4.61. The predicted octanol–water partition coefficient (Wildman–Crippen LogP) is 2.74. The van der Waals surface area contributed by atoms with Gasteiger partial charge in [-0.1, -0.05) is 30.3 Å². The lowest BCUT2D eigenvalue weighted by Crippen LogP contribution is -2.08. The molecule has 2 aromatic rings. The number of fused-ring (bicyclic) bond motifs is 1. The summed E-state index contributed by atoms with van der Waals surface area (Å²) in [5, 5.41) is 8.78. The molecule has 0 bridgehead atoms. The van der Waals surface area contributed by atoms with Crippen molar-refractivity contribution in [2.24, 2.45) is 0 Å². The number of hydrogen-bond donors (Lipinski definition) is 1. The van der Waals surface area contributed by atoms with Crippen LogP contribution < -0.4 is 9.47 Å². The van der Waals surface area contributed by atoms with Crippen LogP contribution in [-0.2, 0) is 4.79 Å². The number of rotatable bonds is 4. The second-order valence-electron chi connectivity index (χ2n) is 4.61. The monoisotopic (exact) mass is 284 g/mol. The molecule has 21 heavy (non-hydrogen) atoms. The highest BCUT2D eigenvalue weighted by Gasteiger charge is 2.18. The largest absolute Gasteiger partial charge is 0.481 e. The lowest BCUT2D eigenvalue weighted by molar-refractivity contribution is -0.135. The van der Waals surface area contributed by atoms with Crippen molar-refractivity contribution < 1.29 is 24.2 Å². The number of carboxylic acid groups (broad SMARTS) is 1. The molecule has 1 N–H and O–H groups in total. The summed E-state index contributed by atoms with van der Waals surface area (Å²) < 4.78 is 10.6. The van der Waals surface area contributed by atoms with E-state index in [1.807, 2.05) is 6.07 Å². The van der Waals surface area contributed by atoms with Gasteiger partial charge in [0.2, 0.25) is 6.79 Å². The lowest BCUT2D eigenvalue weighted by Gasteiger charge is -2.08. The van der Waals surface area contributed by atoms with Gasteiger partial charge in [0.1, 0.15) is 6.42 Å². The normalized spacial score (nSPS) is 12.2. The van der Waals surface area contributed by atoms with Gasteiger partial charge in [0, 0.05) is 5.56 Å². The summed E-state index contributed by atoms with van der Waals surface area (Å²) in [4.78, 5) is 22.8. The van der Waals surface area contributed by atoms with E-state index in [9.17, 15) is 9.59 Å². The molecule has 0 saturated heterocycles. The Morgan fingerprint density at radius 2 is 1.81 bits per heavy atom. The summed E-state index contributed by atoms with van der Waals surface area (Å²) in [6.45, 7) is 0.179. The van der Waals surface area contributed by atoms with E-state index in [-0.39, 0.29) is 6.79 Å². The third kappa shape index (κ3) is 2.58. The first kappa shape index (κ1) is 13.2. The van der Waals surface area contributed by atoms with Crippen LogP contribution in [0.2, 0.25) is 0 Å². The van der Waals surface area contributed by atoms with E-state index in [4.69, 9.17) is 14.6 Å². The zero-order valence-electron chi connectivity index (χ0n) is 11.0. The molecule has 0 aliphatic carbocycles. The van der Waals surface area contributed by atoms with Crippen molar-refractivity contribution >= 4 is 11.8 Å². The molecule has 1 aliphatic rings. The van der Waals surface area contributed by atoms with Gasteiger partial charge in [0.05, 0.1) is 0 Å². The third-order valence-corrected chi connectivity index (χ3v) is 3.22. The number of carbonyl (C=O) groups excluding carboxylic acids is 1. The molecule has 0 saturated carbocycles. The quantitative estimate of drug-likeness (QED) is 0.690. The molecule has 0 fully saturated rings. The number of carbonyl (C=O) groups is 2. The molecule has 1 aliphatic heterocycles. The molecule has 0 aromatic heterocycles. The van der Waals surface area contributed by atoms with Gasteiger partial charge in [0.25, 0.3) is 0 Å². The summed E-state index contributed by atoms with van der Waals surface area (Å²) in [5.74, 6) is -0.280. The van der Waals surface area contributed by atoms with E-state index >= 15 is 0 Å². The van der Waals surface area contributed by atoms with Crippen LogP contribution in [-0.4, -0.2) is 23.7 Å². The highest BCUT2D eigenvalue weighted by molar-refractivity contribution is 6.09. The lowest BCUT2D eigenvalue weighted by atomic mass is 9.95. The minimum absolute atomic E-state index is 0.179. The van der Waals surface area contributed by atoms with Crippen molar-refractivity contribution in [1.82, 2.24) is 0 Å². The van der Waals surface area contributed by atoms with E-state index in [0.29, 0.717) is 22.6 Å². The third-order valence-electron chi connectivity index (χ3n) is 3.22.